The van der Waals surface area contributed by atoms with Crippen LogP contribution in [0.4, 0.5) is 0 Å². The number of hydrogen-bond donors (Lipinski definition) is 2. The Hall–Kier alpha value is -2.17. The van der Waals surface area contributed by atoms with Crippen LogP contribution in [0, 0.1) is 68.0 Å². The van der Waals surface area contributed by atoms with Crippen LogP contribution < -0.4 is 0 Å². The fourth-order valence-electron chi connectivity index (χ4n) is 8.99. The zero-order valence-electron chi connectivity index (χ0n) is 23.6. The van der Waals surface area contributed by atoms with Crippen LogP contribution in [-0.2, 0) is 23.9 Å². The maximum Gasteiger partial charge on any atom is 0.173 e. The Morgan fingerprint density at radius 3 is 1.90 bits per heavy atom. The van der Waals surface area contributed by atoms with Crippen molar-refractivity contribution in [1.82, 2.24) is 0 Å². The highest BCUT2D eigenvalue weighted by atomic mass is 16.7. The first-order valence-electron chi connectivity index (χ1n) is 14.3. The maximum atomic E-state index is 12.6. The van der Waals surface area contributed by atoms with Crippen LogP contribution in [-0.4, -0.2) is 59.8 Å². The molecule has 4 saturated carbocycles. The van der Waals surface area contributed by atoms with Crippen molar-refractivity contribution in [3.8, 4) is 12.1 Å². The quantitative estimate of drug-likeness (QED) is 0.544. The minimum Gasteiger partial charge on any atom is -0.389 e. The van der Waals surface area contributed by atoms with Crippen molar-refractivity contribution in [2.75, 3.05) is 26.4 Å². The van der Waals surface area contributed by atoms with Crippen LogP contribution in [0.1, 0.15) is 79.1 Å². The van der Waals surface area contributed by atoms with E-state index in [1.54, 1.807) is 6.92 Å². The molecule has 1 spiro atoms. The third-order valence-electron chi connectivity index (χ3n) is 11.6. The minimum atomic E-state index is -0.879. The zero-order chi connectivity index (χ0) is 28.9. The van der Waals surface area contributed by atoms with E-state index in [0.717, 1.165) is 19.3 Å². The number of Topliss-reactive ketones (excluding diaryl/α,β-unsaturated/α-hetero) is 3. The van der Waals surface area contributed by atoms with Gasteiger partial charge in [0.15, 0.2) is 17.4 Å². The predicted octanol–water partition coefficient (Wildman–Crippen LogP) is 3.12. The van der Waals surface area contributed by atoms with E-state index in [1.165, 1.54) is 0 Å². The van der Waals surface area contributed by atoms with Gasteiger partial charge in [-0.2, -0.15) is 10.5 Å². The summed E-state index contributed by atoms with van der Waals surface area (Å²) in [5.74, 6) is -1.98. The molecular formula is C30H42N2O7. The number of aliphatic hydroxyl groups is 2. The molecule has 0 radical (unpaired) electrons. The van der Waals surface area contributed by atoms with Crippen LogP contribution in [0.5, 0.6) is 0 Å². The lowest BCUT2D eigenvalue weighted by Gasteiger charge is -2.53. The Bertz CT molecular complexity index is 1100. The smallest absolute Gasteiger partial charge is 0.173 e. The number of aliphatic hydroxyl groups excluding tert-OH is 2. The average Bonchev–Trinajstić information content (AvgIpc) is 3.65. The molecule has 9 nitrogen and oxygen atoms in total. The molecule has 0 bridgehead atoms. The molecule has 0 aromatic heterocycles. The number of rotatable bonds is 4. The molecule has 1 saturated heterocycles. The van der Waals surface area contributed by atoms with Gasteiger partial charge in [-0.15, -0.1) is 0 Å². The molecule has 9 heteroatoms. The van der Waals surface area contributed by atoms with Gasteiger partial charge in [0.05, 0.1) is 36.2 Å². The molecule has 4 aliphatic carbocycles. The van der Waals surface area contributed by atoms with E-state index in [4.69, 9.17) is 9.47 Å². The first-order chi connectivity index (χ1) is 18.4. The summed E-state index contributed by atoms with van der Waals surface area (Å²) in [6, 6.07) is 4.80. The minimum absolute atomic E-state index is 0.0207. The first kappa shape index (κ1) is 29.8. The number of hydrogen-bond acceptors (Lipinski definition) is 9. The summed E-state index contributed by atoms with van der Waals surface area (Å²) >= 11 is 0. The summed E-state index contributed by atoms with van der Waals surface area (Å²) < 4.78 is 11.9. The second kappa shape index (κ2) is 10.3. The van der Waals surface area contributed by atoms with Crippen LogP contribution in [0.15, 0.2) is 0 Å². The van der Waals surface area contributed by atoms with Crippen molar-refractivity contribution in [2.45, 2.75) is 84.8 Å². The largest absolute Gasteiger partial charge is 0.389 e. The molecule has 8 atom stereocenters. The number of carbonyl (C=O) groups excluding carboxylic acids is 3. The summed E-state index contributed by atoms with van der Waals surface area (Å²) in [6.45, 7) is 7.61. The molecule has 5 rings (SSSR count). The predicted molar refractivity (Wildman–Crippen MR) is 138 cm³/mol. The Labute approximate surface area is 230 Å². The van der Waals surface area contributed by atoms with Crippen molar-refractivity contribution >= 4 is 17.3 Å². The van der Waals surface area contributed by atoms with Crippen molar-refractivity contribution in [3.63, 3.8) is 0 Å². The summed E-state index contributed by atoms with van der Waals surface area (Å²) in [5, 5.41) is 38.0. The van der Waals surface area contributed by atoms with E-state index in [9.17, 15) is 35.1 Å². The van der Waals surface area contributed by atoms with Crippen LogP contribution >= 0.6 is 0 Å². The lowest BCUT2D eigenvalue weighted by Crippen LogP contribution is -2.59. The second-order valence-corrected chi connectivity index (χ2v) is 13.0. The molecule has 2 N–H and O–H groups in total. The van der Waals surface area contributed by atoms with Gasteiger partial charge in [-0.1, -0.05) is 27.7 Å². The molecule has 39 heavy (non-hydrogen) atoms. The highest BCUT2D eigenvalue weighted by molar-refractivity contribution is 5.95. The highest BCUT2D eigenvalue weighted by Crippen LogP contribution is 2.66. The number of ketones is 3. The number of ether oxygens (including phenoxy) is 2. The number of nitriles is 2. The maximum absolute atomic E-state index is 12.6. The lowest BCUT2D eigenvalue weighted by atomic mass is 9.50. The first-order valence-corrected chi connectivity index (χ1v) is 14.3. The molecule has 0 aromatic carbocycles. The van der Waals surface area contributed by atoms with E-state index >= 15 is 0 Å². The van der Waals surface area contributed by atoms with Gasteiger partial charge in [0, 0.05) is 35.5 Å². The topological polar surface area (TPSA) is 158 Å². The normalized spacial score (nSPS) is 43.9. The van der Waals surface area contributed by atoms with Gasteiger partial charge in [-0.3, -0.25) is 14.4 Å². The Balaban J connectivity index is 0.000000183. The number of fused-ring (bicyclic) bond motifs is 3. The van der Waals surface area contributed by atoms with E-state index in [2.05, 4.69) is 12.1 Å². The molecule has 0 aromatic rings. The van der Waals surface area contributed by atoms with Gasteiger partial charge in [-0.05, 0) is 50.4 Å². The van der Waals surface area contributed by atoms with Gasteiger partial charge in [-0.25, -0.2) is 0 Å². The second-order valence-electron chi connectivity index (χ2n) is 13.0. The molecule has 214 valence electrons. The van der Waals surface area contributed by atoms with Crippen LogP contribution in [0.25, 0.3) is 0 Å². The summed E-state index contributed by atoms with van der Waals surface area (Å²) in [4.78, 5) is 36.9. The lowest BCUT2D eigenvalue weighted by molar-refractivity contribution is -0.233. The van der Waals surface area contributed by atoms with Crippen molar-refractivity contribution in [2.24, 2.45) is 45.3 Å². The third-order valence-corrected chi connectivity index (χ3v) is 11.6. The fourth-order valence-corrected chi connectivity index (χ4v) is 8.99. The van der Waals surface area contributed by atoms with Crippen LogP contribution in [0.2, 0.25) is 0 Å². The van der Waals surface area contributed by atoms with Crippen molar-refractivity contribution < 1.29 is 34.1 Å². The monoisotopic (exact) mass is 542 g/mol. The number of nitrogens with zero attached hydrogens (tertiary/aromatic N) is 2. The van der Waals surface area contributed by atoms with Gasteiger partial charge >= 0.3 is 0 Å². The summed E-state index contributed by atoms with van der Waals surface area (Å²) in [5.41, 5.74) is -2.90. The number of carbonyl (C=O) groups is 3. The van der Waals surface area contributed by atoms with Crippen molar-refractivity contribution in [3.05, 3.63) is 0 Å². The van der Waals surface area contributed by atoms with E-state index in [0.29, 0.717) is 45.3 Å². The Morgan fingerprint density at radius 1 is 0.846 bits per heavy atom. The average molecular weight is 543 g/mol. The Morgan fingerprint density at radius 2 is 1.36 bits per heavy atom. The fraction of sp³-hybridized carbons (Fsp3) is 0.833. The van der Waals surface area contributed by atoms with E-state index in [1.807, 2.05) is 20.8 Å². The molecule has 1 heterocycles. The van der Waals surface area contributed by atoms with Gasteiger partial charge in [0.1, 0.15) is 19.0 Å². The molecule has 5 aliphatic rings. The third kappa shape index (κ3) is 4.11. The summed E-state index contributed by atoms with van der Waals surface area (Å²) in [7, 11) is 0. The standard InChI is InChI=1S/C16H23NO4.C14H19NO3/c1-11-3-4-15(10-17)5-6-16(20-7-8-21-16)13(15)14(11,2)12(19)9-18;1-9-3-5-14(8-15)6-4-10(17)12(14)13(9,2)11(18)7-16/h11,13,18H,3-9H2,1-2H3;9,12,16H,3-7H2,1-2H3/t11-,13+,14+,15+;9-,12+,13+,14+/m11/s1. The molecule has 1 aliphatic heterocycles. The van der Waals surface area contributed by atoms with Crippen molar-refractivity contribution in [1.29, 1.82) is 10.5 Å². The molecule has 0 unspecified atom stereocenters. The molecular weight excluding hydrogens is 500 g/mol. The SMILES string of the molecule is C[C@@H]1CC[C@@]2(C#N)CCC(=O)[C@H]2[C@]1(C)C(=O)CO.C[C@@H]1CC[C@@]2(C#N)CCC3(OCCO3)[C@H]2[C@]1(C)C(=O)CO. The Kier molecular flexibility index (Phi) is 7.90. The van der Waals surface area contributed by atoms with Gasteiger partial charge < -0.3 is 19.7 Å². The molecule has 5 fully saturated rings. The van der Waals surface area contributed by atoms with Crippen LogP contribution in [0.3, 0.4) is 0 Å². The summed E-state index contributed by atoms with van der Waals surface area (Å²) in [6.07, 6.45) is 5.37. The van der Waals surface area contributed by atoms with E-state index < -0.39 is 46.6 Å². The van der Waals surface area contributed by atoms with Gasteiger partial charge in [0.25, 0.3) is 0 Å². The highest BCUT2D eigenvalue weighted by Gasteiger charge is 2.71. The van der Waals surface area contributed by atoms with Gasteiger partial charge in [0.2, 0.25) is 0 Å². The molecule has 0 amide bonds. The van der Waals surface area contributed by atoms with E-state index in [-0.39, 0.29) is 35.1 Å². The zero-order valence-corrected chi connectivity index (χ0v) is 23.6.